The number of rotatable bonds is 23. The van der Waals surface area contributed by atoms with E-state index in [1.807, 2.05) is 0 Å². The molecule has 0 aliphatic rings. The van der Waals surface area contributed by atoms with Crippen LogP contribution in [0.3, 0.4) is 0 Å². The standard InChI is InChI=1S/C26H44N6O2S4/c1-3-5-7-9-13-17-21(33)27-23-29-31-25(37-23)35-19-15-11-12-16-20-36-26-32-30-24(38-26)28-22(34)18-14-10-8-6-4-2/h3-20H2,1-2H3,(H,27,29,33)(H,28,30,34). The smallest absolute Gasteiger partial charge is 0.226 e. The van der Waals surface area contributed by atoms with Crippen molar-refractivity contribution in [2.24, 2.45) is 0 Å². The number of nitrogens with one attached hydrogen (secondary N) is 2. The van der Waals surface area contributed by atoms with E-state index in [1.54, 1.807) is 23.5 Å². The first-order chi connectivity index (χ1) is 18.6. The second-order valence-corrected chi connectivity index (χ2v) is 13.9. The molecule has 0 aliphatic carbocycles. The fourth-order valence-corrected chi connectivity index (χ4v) is 7.33. The lowest BCUT2D eigenvalue weighted by molar-refractivity contribution is -0.117. The van der Waals surface area contributed by atoms with Gasteiger partial charge in [0.1, 0.15) is 0 Å². The number of thioether (sulfide) groups is 2. The quantitative estimate of drug-likeness (QED) is 0.0743. The van der Waals surface area contributed by atoms with Crippen LogP contribution in [-0.2, 0) is 9.59 Å². The van der Waals surface area contributed by atoms with Crippen molar-refractivity contribution in [1.29, 1.82) is 0 Å². The largest absolute Gasteiger partial charge is 0.301 e. The minimum atomic E-state index is 0.0368. The van der Waals surface area contributed by atoms with Gasteiger partial charge in [-0.15, -0.1) is 20.4 Å². The van der Waals surface area contributed by atoms with E-state index in [0.717, 1.165) is 58.7 Å². The molecule has 0 fully saturated rings. The molecule has 0 aliphatic heterocycles. The molecule has 0 saturated carbocycles. The molecule has 12 heteroatoms. The highest BCUT2D eigenvalue weighted by Gasteiger charge is 2.10. The lowest BCUT2D eigenvalue weighted by Gasteiger charge is -2.01. The number of aromatic nitrogens is 4. The van der Waals surface area contributed by atoms with E-state index < -0.39 is 0 Å². The average Bonchev–Trinajstić information content (AvgIpc) is 3.54. The molecule has 2 rings (SSSR count). The third kappa shape index (κ3) is 16.0. The molecule has 0 bridgehead atoms. The Kier molecular flexibility index (Phi) is 18.7. The summed E-state index contributed by atoms with van der Waals surface area (Å²) in [6.45, 7) is 4.38. The molecule has 0 unspecified atom stereocenters. The lowest BCUT2D eigenvalue weighted by atomic mass is 10.1. The maximum absolute atomic E-state index is 12.0. The third-order valence-corrected chi connectivity index (χ3v) is 9.93. The number of hydrogen-bond donors (Lipinski definition) is 2. The lowest BCUT2D eigenvalue weighted by Crippen LogP contribution is -2.10. The molecule has 214 valence electrons. The molecule has 0 radical (unpaired) electrons. The van der Waals surface area contributed by atoms with Crippen LogP contribution in [0.25, 0.3) is 0 Å². The number of carbonyl (C=O) groups excluding carboxylic acids is 2. The summed E-state index contributed by atoms with van der Waals surface area (Å²) in [7, 11) is 0. The Labute approximate surface area is 244 Å². The van der Waals surface area contributed by atoms with Crippen molar-refractivity contribution in [3.05, 3.63) is 0 Å². The number of anilines is 2. The molecule has 2 heterocycles. The van der Waals surface area contributed by atoms with Gasteiger partial charge in [-0.3, -0.25) is 9.59 Å². The zero-order chi connectivity index (χ0) is 27.3. The first kappa shape index (κ1) is 33.0. The SMILES string of the molecule is CCCCCCCC(=O)Nc1nnc(SCCCCCCSc2nnc(NC(=O)CCCCCCC)s2)s1. The summed E-state index contributed by atoms with van der Waals surface area (Å²) in [5.41, 5.74) is 0. The maximum Gasteiger partial charge on any atom is 0.226 e. The molecular weight excluding hydrogens is 557 g/mol. The average molecular weight is 601 g/mol. The van der Waals surface area contributed by atoms with Crippen molar-refractivity contribution in [2.75, 3.05) is 22.1 Å². The minimum absolute atomic E-state index is 0.0368. The highest BCUT2D eigenvalue weighted by atomic mass is 32.2. The van der Waals surface area contributed by atoms with Crippen LogP contribution in [0.5, 0.6) is 0 Å². The van der Waals surface area contributed by atoms with E-state index in [1.165, 1.54) is 74.0 Å². The molecule has 2 amide bonds. The molecule has 0 spiro atoms. The summed E-state index contributed by atoms with van der Waals surface area (Å²) in [4.78, 5) is 24.1. The number of hydrogen-bond acceptors (Lipinski definition) is 10. The number of unbranched alkanes of at least 4 members (excludes halogenated alkanes) is 11. The van der Waals surface area contributed by atoms with Gasteiger partial charge in [-0.1, -0.05) is 124 Å². The van der Waals surface area contributed by atoms with Crippen molar-refractivity contribution < 1.29 is 9.59 Å². The van der Waals surface area contributed by atoms with Gasteiger partial charge in [0.2, 0.25) is 22.1 Å². The summed E-state index contributed by atoms with van der Waals surface area (Å²) in [5.74, 6) is 2.08. The van der Waals surface area contributed by atoms with Crippen LogP contribution in [0.1, 0.15) is 117 Å². The van der Waals surface area contributed by atoms with Crippen molar-refractivity contribution in [2.45, 2.75) is 125 Å². The fourth-order valence-electron chi connectivity index (χ4n) is 3.66. The van der Waals surface area contributed by atoms with Crippen LogP contribution < -0.4 is 10.6 Å². The van der Waals surface area contributed by atoms with Gasteiger partial charge < -0.3 is 10.6 Å². The monoisotopic (exact) mass is 600 g/mol. The van der Waals surface area contributed by atoms with Crippen molar-refractivity contribution in [3.8, 4) is 0 Å². The molecule has 2 N–H and O–H groups in total. The van der Waals surface area contributed by atoms with Crippen molar-refractivity contribution in [3.63, 3.8) is 0 Å². The minimum Gasteiger partial charge on any atom is -0.301 e. The van der Waals surface area contributed by atoms with Gasteiger partial charge in [-0.05, 0) is 25.7 Å². The molecular formula is C26H44N6O2S4. The van der Waals surface area contributed by atoms with Crippen LogP contribution in [0.4, 0.5) is 10.3 Å². The Morgan fingerprint density at radius 1 is 0.579 bits per heavy atom. The second-order valence-electron chi connectivity index (χ2n) is 9.28. The van der Waals surface area contributed by atoms with Gasteiger partial charge >= 0.3 is 0 Å². The summed E-state index contributed by atoms with van der Waals surface area (Å²) in [5, 5.41) is 23.5. The zero-order valence-corrected chi connectivity index (χ0v) is 26.2. The number of nitrogens with zero attached hydrogens (tertiary/aromatic N) is 4. The van der Waals surface area contributed by atoms with E-state index >= 15 is 0 Å². The molecule has 2 aromatic rings. The van der Waals surface area contributed by atoms with Crippen LogP contribution in [-0.4, -0.2) is 43.7 Å². The summed E-state index contributed by atoms with van der Waals surface area (Å²) in [6.07, 6.45) is 17.1. The summed E-state index contributed by atoms with van der Waals surface area (Å²) >= 11 is 6.33. The zero-order valence-electron chi connectivity index (χ0n) is 23.0. The van der Waals surface area contributed by atoms with Crippen LogP contribution >= 0.6 is 46.2 Å². The summed E-state index contributed by atoms with van der Waals surface area (Å²) in [6, 6.07) is 0. The van der Waals surface area contributed by atoms with Crippen LogP contribution in [0.15, 0.2) is 8.68 Å². The van der Waals surface area contributed by atoms with Crippen LogP contribution in [0, 0.1) is 0 Å². The van der Waals surface area contributed by atoms with E-state index in [-0.39, 0.29) is 11.8 Å². The maximum atomic E-state index is 12.0. The molecule has 2 aromatic heterocycles. The topological polar surface area (TPSA) is 110 Å². The Bertz CT molecular complexity index is 836. The Hall–Kier alpha value is -1.24. The Morgan fingerprint density at radius 3 is 1.39 bits per heavy atom. The van der Waals surface area contributed by atoms with E-state index in [4.69, 9.17) is 0 Å². The van der Waals surface area contributed by atoms with E-state index in [9.17, 15) is 9.59 Å². The molecule has 0 saturated heterocycles. The van der Waals surface area contributed by atoms with Gasteiger partial charge in [0.05, 0.1) is 0 Å². The third-order valence-electron chi connectivity index (χ3n) is 5.81. The van der Waals surface area contributed by atoms with Crippen LogP contribution in [0.2, 0.25) is 0 Å². The van der Waals surface area contributed by atoms with Crippen molar-refractivity contribution >= 4 is 68.3 Å². The predicted molar refractivity (Wildman–Crippen MR) is 164 cm³/mol. The highest BCUT2D eigenvalue weighted by molar-refractivity contribution is 8.01. The van der Waals surface area contributed by atoms with Gasteiger partial charge in [0.15, 0.2) is 8.68 Å². The Balaban J connectivity index is 1.46. The first-order valence-corrected chi connectivity index (χ1v) is 17.7. The summed E-state index contributed by atoms with van der Waals surface area (Å²) < 4.78 is 1.82. The van der Waals surface area contributed by atoms with Crippen molar-refractivity contribution in [1.82, 2.24) is 20.4 Å². The molecule has 8 nitrogen and oxygen atoms in total. The van der Waals surface area contributed by atoms with E-state index in [2.05, 4.69) is 44.9 Å². The molecule has 38 heavy (non-hydrogen) atoms. The normalized spacial score (nSPS) is 11.1. The second kappa shape index (κ2) is 21.6. The van der Waals surface area contributed by atoms with Gasteiger partial charge in [0.25, 0.3) is 0 Å². The fraction of sp³-hybridized carbons (Fsp3) is 0.769. The first-order valence-electron chi connectivity index (χ1n) is 14.1. The highest BCUT2D eigenvalue weighted by Crippen LogP contribution is 2.28. The van der Waals surface area contributed by atoms with Gasteiger partial charge in [0, 0.05) is 24.3 Å². The van der Waals surface area contributed by atoms with Gasteiger partial charge in [-0.2, -0.15) is 0 Å². The predicted octanol–water partition coefficient (Wildman–Crippen LogP) is 8.43. The van der Waals surface area contributed by atoms with Gasteiger partial charge in [-0.25, -0.2) is 0 Å². The number of carbonyl (C=O) groups is 2. The molecule has 0 aromatic carbocycles. The molecule has 0 atom stereocenters. The Morgan fingerprint density at radius 2 is 0.974 bits per heavy atom. The van der Waals surface area contributed by atoms with E-state index in [0.29, 0.717) is 23.1 Å². The number of amides is 2.